The van der Waals surface area contributed by atoms with Gasteiger partial charge in [-0.05, 0) is 73.4 Å². The number of rotatable bonds is 7. The lowest BCUT2D eigenvalue weighted by molar-refractivity contribution is -0.121. The van der Waals surface area contributed by atoms with Crippen LogP contribution in [-0.4, -0.2) is 63.2 Å². The van der Waals surface area contributed by atoms with E-state index in [1.165, 1.54) is 18.5 Å². The molecule has 1 N–H and O–H groups in total. The number of hydrogen-bond donors (Lipinski definition) is 1. The van der Waals surface area contributed by atoms with E-state index in [0.29, 0.717) is 54.1 Å². The minimum atomic E-state index is 0.119. The van der Waals surface area contributed by atoms with Crippen LogP contribution in [0.5, 0.6) is 11.5 Å². The lowest BCUT2D eigenvalue weighted by Gasteiger charge is -2.51. The van der Waals surface area contributed by atoms with E-state index in [1.54, 1.807) is 19.8 Å². The zero-order valence-corrected chi connectivity index (χ0v) is 20.8. The average Bonchev–Trinajstić information content (AvgIpc) is 3.18. The topological polar surface area (TPSA) is 54.0 Å². The Balaban J connectivity index is 1.16. The Morgan fingerprint density at radius 2 is 2.00 bits per heavy atom. The van der Waals surface area contributed by atoms with Crippen LogP contribution in [-0.2, 0) is 11.2 Å². The monoisotopic (exact) mass is 463 g/mol. The Labute approximate surface area is 203 Å². The second-order valence-corrected chi connectivity index (χ2v) is 10.3. The highest BCUT2D eigenvalue weighted by molar-refractivity contribution is 5.76. The van der Waals surface area contributed by atoms with Crippen molar-refractivity contribution in [3.8, 4) is 11.5 Å². The van der Waals surface area contributed by atoms with Crippen LogP contribution >= 0.6 is 0 Å². The van der Waals surface area contributed by atoms with Gasteiger partial charge in [-0.15, -0.1) is 0 Å². The van der Waals surface area contributed by atoms with Crippen molar-refractivity contribution in [2.24, 2.45) is 23.7 Å². The molecule has 1 saturated heterocycles. The van der Waals surface area contributed by atoms with Gasteiger partial charge in [-0.1, -0.05) is 18.2 Å². The van der Waals surface area contributed by atoms with Gasteiger partial charge < -0.3 is 24.6 Å². The van der Waals surface area contributed by atoms with Crippen molar-refractivity contribution in [2.75, 3.05) is 41.4 Å². The summed E-state index contributed by atoms with van der Waals surface area (Å²) in [5.74, 6) is 3.79. The van der Waals surface area contributed by atoms with Gasteiger partial charge in [-0.2, -0.15) is 0 Å². The number of likely N-dealkylation sites (tertiary alicyclic amines) is 1. The number of nitrogens with one attached hydrogen (secondary N) is 1. The molecule has 5 rings (SSSR count). The highest BCUT2D eigenvalue weighted by Crippen LogP contribution is 2.52. The van der Waals surface area contributed by atoms with Gasteiger partial charge in [-0.3, -0.25) is 4.79 Å². The SMILES string of the molecule is COc1ccc(CCC(=O)NC[C@@H]2C[C@@H]3C4C=CC=C5C4C(=CN5C)C[C@H]3N(C)C2)cc1OC. The first-order valence-corrected chi connectivity index (χ1v) is 12.5. The van der Waals surface area contributed by atoms with E-state index in [1.807, 2.05) is 18.2 Å². The lowest BCUT2D eigenvalue weighted by Crippen LogP contribution is -2.54. The smallest absolute Gasteiger partial charge is 0.220 e. The molecule has 2 fully saturated rings. The van der Waals surface area contributed by atoms with E-state index >= 15 is 0 Å². The largest absolute Gasteiger partial charge is 0.493 e. The van der Waals surface area contributed by atoms with Crippen molar-refractivity contribution in [3.63, 3.8) is 0 Å². The maximum absolute atomic E-state index is 12.6. The number of hydrogen-bond acceptors (Lipinski definition) is 5. The number of ether oxygens (including phenoxy) is 2. The number of nitrogens with zero attached hydrogens (tertiary/aromatic N) is 2. The van der Waals surface area contributed by atoms with E-state index in [4.69, 9.17) is 9.47 Å². The second-order valence-electron chi connectivity index (χ2n) is 10.3. The molecule has 0 bridgehead atoms. The van der Waals surface area contributed by atoms with Crippen molar-refractivity contribution >= 4 is 5.91 Å². The zero-order chi connectivity index (χ0) is 23.8. The number of aryl methyl sites for hydroxylation is 1. The molecule has 1 amide bonds. The van der Waals surface area contributed by atoms with Gasteiger partial charge in [-0.25, -0.2) is 0 Å². The van der Waals surface area contributed by atoms with E-state index in [-0.39, 0.29) is 5.91 Å². The standard InChI is InChI=1S/C28H37N3O3/c1-30-16-19(15-29-27(32)11-9-18-8-10-25(33-3)26(13-18)34-4)12-22-21-6-5-7-23-28(21)20(14-24(22)30)17-31(23)2/h5-8,10,13,17,19,21-22,24,28H,9,11-12,14-16H2,1-4H3,(H,29,32)/t19-,21?,22+,24+,28?/m0/s1. The number of carbonyl (C=O) groups excluding carboxylic acids is 1. The third kappa shape index (κ3) is 4.24. The van der Waals surface area contributed by atoms with Gasteiger partial charge >= 0.3 is 0 Å². The summed E-state index contributed by atoms with van der Waals surface area (Å²) in [6.07, 6.45) is 12.9. The molecule has 0 radical (unpaired) electrons. The van der Waals surface area contributed by atoms with Gasteiger partial charge in [0.25, 0.3) is 0 Å². The van der Waals surface area contributed by atoms with E-state index in [0.717, 1.165) is 18.7 Å². The number of amides is 1. The molecule has 4 aliphatic rings. The summed E-state index contributed by atoms with van der Waals surface area (Å²) >= 11 is 0. The van der Waals surface area contributed by atoms with Crippen molar-refractivity contribution in [2.45, 2.75) is 31.7 Å². The molecule has 2 heterocycles. The van der Waals surface area contributed by atoms with Crippen molar-refractivity contribution in [3.05, 3.63) is 59.5 Å². The van der Waals surface area contributed by atoms with Crippen LogP contribution in [0.1, 0.15) is 24.8 Å². The minimum Gasteiger partial charge on any atom is -0.493 e. The van der Waals surface area contributed by atoms with Crippen molar-refractivity contribution < 1.29 is 14.3 Å². The number of carbonyl (C=O) groups is 1. The predicted octanol–water partition coefficient (Wildman–Crippen LogP) is 3.61. The summed E-state index contributed by atoms with van der Waals surface area (Å²) in [6, 6.07) is 6.44. The molecule has 5 atom stereocenters. The number of methoxy groups -OCH3 is 2. The first kappa shape index (κ1) is 23.0. The van der Waals surface area contributed by atoms with Crippen LogP contribution in [0.4, 0.5) is 0 Å². The molecule has 2 unspecified atom stereocenters. The maximum Gasteiger partial charge on any atom is 0.220 e. The van der Waals surface area contributed by atoms with Gasteiger partial charge in [0, 0.05) is 50.4 Å². The fraction of sp³-hybridized carbons (Fsp3) is 0.536. The zero-order valence-electron chi connectivity index (χ0n) is 20.8. The maximum atomic E-state index is 12.6. The Morgan fingerprint density at radius 1 is 1.18 bits per heavy atom. The number of allylic oxidation sites excluding steroid dienone is 4. The summed E-state index contributed by atoms with van der Waals surface area (Å²) in [5.41, 5.74) is 4.13. The van der Waals surface area contributed by atoms with Crippen LogP contribution in [0, 0.1) is 23.7 Å². The summed E-state index contributed by atoms with van der Waals surface area (Å²) in [6.45, 7) is 1.80. The minimum absolute atomic E-state index is 0.119. The van der Waals surface area contributed by atoms with E-state index in [9.17, 15) is 4.79 Å². The Morgan fingerprint density at radius 3 is 2.79 bits per heavy atom. The Hall–Kier alpha value is -2.73. The first-order chi connectivity index (χ1) is 16.5. The quantitative estimate of drug-likeness (QED) is 0.670. The molecule has 1 aromatic rings. The highest BCUT2D eigenvalue weighted by atomic mass is 16.5. The van der Waals surface area contributed by atoms with Crippen molar-refractivity contribution in [1.29, 1.82) is 0 Å². The van der Waals surface area contributed by atoms with Crippen LogP contribution in [0.3, 0.4) is 0 Å². The molecule has 1 saturated carbocycles. The normalized spacial score (nSPS) is 29.6. The molecule has 0 spiro atoms. The summed E-state index contributed by atoms with van der Waals surface area (Å²) < 4.78 is 10.7. The molecule has 0 aromatic heterocycles. The first-order valence-electron chi connectivity index (χ1n) is 12.5. The molecule has 2 aliphatic heterocycles. The Bertz CT molecular complexity index is 1030. The van der Waals surface area contributed by atoms with E-state index < -0.39 is 0 Å². The second kappa shape index (κ2) is 9.49. The molecule has 6 heteroatoms. The lowest BCUT2D eigenvalue weighted by atomic mass is 9.61. The summed E-state index contributed by atoms with van der Waals surface area (Å²) in [4.78, 5) is 17.5. The molecule has 2 aliphatic carbocycles. The molecule has 34 heavy (non-hydrogen) atoms. The third-order valence-electron chi connectivity index (χ3n) is 8.30. The van der Waals surface area contributed by atoms with Crippen LogP contribution in [0.25, 0.3) is 0 Å². The third-order valence-corrected chi connectivity index (χ3v) is 8.30. The molecular formula is C28H37N3O3. The predicted molar refractivity (Wildman–Crippen MR) is 134 cm³/mol. The molecule has 6 nitrogen and oxygen atoms in total. The Kier molecular flexibility index (Phi) is 6.43. The molecule has 1 aromatic carbocycles. The van der Waals surface area contributed by atoms with Crippen LogP contribution in [0.15, 0.2) is 53.9 Å². The molecular weight excluding hydrogens is 426 g/mol. The van der Waals surface area contributed by atoms with Crippen LogP contribution < -0.4 is 14.8 Å². The fourth-order valence-electron chi connectivity index (χ4n) is 6.68. The van der Waals surface area contributed by atoms with Gasteiger partial charge in [0.2, 0.25) is 5.91 Å². The van der Waals surface area contributed by atoms with Gasteiger partial charge in [0.05, 0.1) is 14.2 Å². The summed E-state index contributed by atoms with van der Waals surface area (Å²) in [5, 5.41) is 3.23. The fourth-order valence-corrected chi connectivity index (χ4v) is 6.68. The molecule has 182 valence electrons. The van der Waals surface area contributed by atoms with E-state index in [2.05, 4.69) is 53.6 Å². The van der Waals surface area contributed by atoms with Crippen LogP contribution in [0.2, 0.25) is 0 Å². The van der Waals surface area contributed by atoms with Gasteiger partial charge in [0.1, 0.15) is 0 Å². The number of piperidine rings is 1. The summed E-state index contributed by atoms with van der Waals surface area (Å²) in [7, 11) is 7.71. The van der Waals surface area contributed by atoms with Gasteiger partial charge in [0.15, 0.2) is 11.5 Å². The highest BCUT2D eigenvalue weighted by Gasteiger charge is 2.49. The number of benzene rings is 1. The number of fused-ring (bicyclic) bond motifs is 2. The average molecular weight is 464 g/mol. The van der Waals surface area contributed by atoms with Crippen molar-refractivity contribution in [1.82, 2.24) is 15.1 Å².